The molecule has 1 aromatic carbocycles. The lowest BCUT2D eigenvalue weighted by Gasteiger charge is -2.44. The molecule has 1 aromatic rings. The second-order valence-electron chi connectivity index (χ2n) is 5.26. The normalized spacial score (nSPS) is 25.5. The number of anilines is 1. The molecule has 1 aliphatic rings. The summed E-state index contributed by atoms with van der Waals surface area (Å²) in [7, 11) is 2.16. The Hall–Kier alpha value is -0.580. The first-order valence-electron chi connectivity index (χ1n) is 6.46. The highest BCUT2D eigenvalue weighted by Crippen LogP contribution is 2.26. The molecule has 2 N–H and O–H groups in total. The third-order valence-electron chi connectivity index (χ3n) is 3.86. The highest BCUT2D eigenvalue weighted by atomic mass is 79.9. The van der Waals surface area contributed by atoms with Crippen molar-refractivity contribution in [2.24, 2.45) is 5.73 Å². The van der Waals surface area contributed by atoms with Gasteiger partial charge in [0, 0.05) is 41.9 Å². The van der Waals surface area contributed by atoms with E-state index >= 15 is 0 Å². The number of rotatable bonds is 2. The molecule has 0 amide bonds. The molecule has 2 atom stereocenters. The molecule has 0 spiro atoms. The van der Waals surface area contributed by atoms with E-state index in [9.17, 15) is 0 Å². The van der Waals surface area contributed by atoms with Crippen LogP contribution in [0.4, 0.5) is 5.69 Å². The summed E-state index contributed by atoms with van der Waals surface area (Å²) in [6, 6.07) is 7.54. The summed E-state index contributed by atoms with van der Waals surface area (Å²) in [5.41, 5.74) is 8.44. The maximum Gasteiger partial charge on any atom is 0.0391 e. The van der Waals surface area contributed by atoms with Crippen molar-refractivity contribution in [1.82, 2.24) is 4.90 Å². The minimum atomic E-state index is 0.449. The molecule has 0 aromatic heterocycles. The smallest absolute Gasteiger partial charge is 0.0391 e. The maximum absolute atomic E-state index is 5.86. The van der Waals surface area contributed by atoms with E-state index in [4.69, 9.17) is 5.73 Å². The fourth-order valence-corrected chi connectivity index (χ4v) is 2.88. The van der Waals surface area contributed by atoms with Crippen LogP contribution in [0.15, 0.2) is 22.7 Å². The number of hydrogen-bond acceptors (Lipinski definition) is 3. The molecule has 100 valence electrons. The van der Waals surface area contributed by atoms with E-state index in [1.807, 2.05) is 0 Å². The van der Waals surface area contributed by atoms with Gasteiger partial charge in [-0.2, -0.15) is 0 Å². The molecule has 1 aliphatic heterocycles. The topological polar surface area (TPSA) is 32.5 Å². The summed E-state index contributed by atoms with van der Waals surface area (Å²) in [6.45, 7) is 7.21. The molecule has 1 heterocycles. The molecular weight excluding hydrogens is 290 g/mol. The number of halogens is 1. The molecule has 1 saturated heterocycles. The molecule has 0 bridgehead atoms. The lowest BCUT2D eigenvalue weighted by molar-refractivity contribution is 0.197. The first kappa shape index (κ1) is 13.8. The lowest BCUT2D eigenvalue weighted by atomic mass is 10.1. The molecule has 18 heavy (non-hydrogen) atoms. The molecule has 0 aliphatic carbocycles. The van der Waals surface area contributed by atoms with Gasteiger partial charge in [-0.1, -0.05) is 15.9 Å². The van der Waals surface area contributed by atoms with Gasteiger partial charge in [0.25, 0.3) is 0 Å². The van der Waals surface area contributed by atoms with E-state index in [0.29, 0.717) is 12.1 Å². The van der Waals surface area contributed by atoms with Crippen molar-refractivity contribution in [2.45, 2.75) is 25.9 Å². The third-order valence-corrected chi connectivity index (χ3v) is 4.75. The Morgan fingerprint density at radius 3 is 2.72 bits per heavy atom. The fourth-order valence-electron chi connectivity index (χ4n) is 2.63. The highest BCUT2D eigenvalue weighted by Gasteiger charge is 2.28. The second-order valence-corrected chi connectivity index (χ2v) is 6.12. The number of likely N-dealkylation sites (N-methyl/N-ethyl adjacent to an activating group) is 1. The second kappa shape index (κ2) is 5.59. The van der Waals surface area contributed by atoms with Crippen LogP contribution in [0.5, 0.6) is 0 Å². The van der Waals surface area contributed by atoms with E-state index in [1.54, 1.807) is 0 Å². The van der Waals surface area contributed by atoms with Gasteiger partial charge in [-0.05, 0) is 44.7 Å². The molecule has 3 nitrogen and oxygen atoms in total. The largest absolute Gasteiger partial charge is 0.366 e. The number of benzene rings is 1. The van der Waals surface area contributed by atoms with Gasteiger partial charge in [0.15, 0.2) is 0 Å². The lowest BCUT2D eigenvalue weighted by Crippen LogP contribution is -2.58. The summed E-state index contributed by atoms with van der Waals surface area (Å²) in [4.78, 5) is 4.84. The summed E-state index contributed by atoms with van der Waals surface area (Å²) < 4.78 is 1.17. The number of hydrogen-bond donors (Lipinski definition) is 1. The third kappa shape index (κ3) is 2.71. The number of nitrogens with two attached hydrogens (primary N) is 1. The Labute approximate surface area is 118 Å². The molecule has 0 radical (unpaired) electrons. The van der Waals surface area contributed by atoms with Crippen LogP contribution in [0.2, 0.25) is 0 Å². The van der Waals surface area contributed by atoms with Gasteiger partial charge < -0.3 is 10.6 Å². The zero-order valence-corrected chi connectivity index (χ0v) is 12.9. The molecule has 4 heteroatoms. The standard InChI is InChI=1S/C14H22BrN3/c1-10-6-12(4-5-14(10)15)18-9-13(7-16)17(3)8-11(18)2/h4-6,11,13H,7-9,16H2,1-3H3. The van der Waals surface area contributed by atoms with E-state index in [-0.39, 0.29) is 0 Å². The van der Waals surface area contributed by atoms with Crippen LogP contribution < -0.4 is 10.6 Å². The van der Waals surface area contributed by atoms with Gasteiger partial charge >= 0.3 is 0 Å². The zero-order valence-electron chi connectivity index (χ0n) is 11.4. The molecule has 0 saturated carbocycles. The molecule has 1 fully saturated rings. The number of piperazine rings is 1. The van der Waals surface area contributed by atoms with Crippen LogP contribution in [0.25, 0.3) is 0 Å². The fraction of sp³-hybridized carbons (Fsp3) is 0.571. The Bertz CT molecular complexity index is 422. The van der Waals surface area contributed by atoms with Crippen molar-refractivity contribution < 1.29 is 0 Å². The van der Waals surface area contributed by atoms with Gasteiger partial charge in [-0.15, -0.1) is 0 Å². The average molecular weight is 312 g/mol. The molecule has 2 unspecified atom stereocenters. The van der Waals surface area contributed by atoms with E-state index in [1.165, 1.54) is 15.7 Å². The first-order chi connectivity index (χ1) is 8.52. The molecule has 2 rings (SSSR count). The van der Waals surface area contributed by atoms with Gasteiger partial charge in [0.05, 0.1) is 0 Å². The number of aryl methyl sites for hydroxylation is 1. The Kier molecular flexibility index (Phi) is 4.30. The van der Waals surface area contributed by atoms with Crippen LogP contribution in [0.1, 0.15) is 12.5 Å². The van der Waals surface area contributed by atoms with E-state index < -0.39 is 0 Å². The van der Waals surface area contributed by atoms with Gasteiger partial charge in [0.2, 0.25) is 0 Å². The van der Waals surface area contributed by atoms with Crippen LogP contribution >= 0.6 is 15.9 Å². The van der Waals surface area contributed by atoms with Gasteiger partial charge in [-0.25, -0.2) is 0 Å². The summed E-state index contributed by atoms with van der Waals surface area (Å²) in [5, 5.41) is 0. The number of nitrogens with zero attached hydrogens (tertiary/aromatic N) is 2. The summed E-state index contributed by atoms with van der Waals surface area (Å²) in [6.07, 6.45) is 0. The zero-order chi connectivity index (χ0) is 13.3. The Morgan fingerprint density at radius 1 is 1.39 bits per heavy atom. The van der Waals surface area contributed by atoms with Crippen molar-refractivity contribution in [3.8, 4) is 0 Å². The van der Waals surface area contributed by atoms with Crippen molar-refractivity contribution in [2.75, 3.05) is 31.6 Å². The Balaban J connectivity index is 2.23. The first-order valence-corrected chi connectivity index (χ1v) is 7.25. The van der Waals surface area contributed by atoms with E-state index in [2.05, 4.69) is 64.8 Å². The summed E-state index contributed by atoms with van der Waals surface area (Å²) in [5.74, 6) is 0. The van der Waals surface area contributed by atoms with Crippen molar-refractivity contribution in [3.63, 3.8) is 0 Å². The quantitative estimate of drug-likeness (QED) is 0.909. The monoisotopic (exact) mass is 311 g/mol. The maximum atomic E-state index is 5.86. The Morgan fingerprint density at radius 2 is 2.11 bits per heavy atom. The SMILES string of the molecule is Cc1cc(N2CC(CN)N(C)CC2C)ccc1Br. The van der Waals surface area contributed by atoms with Crippen LogP contribution in [-0.2, 0) is 0 Å². The van der Waals surface area contributed by atoms with Crippen molar-refractivity contribution in [1.29, 1.82) is 0 Å². The van der Waals surface area contributed by atoms with Gasteiger partial charge in [-0.3, -0.25) is 4.90 Å². The predicted octanol–water partition coefficient (Wildman–Crippen LogP) is 2.23. The van der Waals surface area contributed by atoms with Crippen LogP contribution in [-0.4, -0.2) is 43.7 Å². The van der Waals surface area contributed by atoms with Crippen molar-refractivity contribution in [3.05, 3.63) is 28.2 Å². The highest BCUT2D eigenvalue weighted by molar-refractivity contribution is 9.10. The molecular formula is C14H22BrN3. The minimum absolute atomic E-state index is 0.449. The van der Waals surface area contributed by atoms with Crippen LogP contribution in [0.3, 0.4) is 0 Å². The van der Waals surface area contributed by atoms with Gasteiger partial charge in [0.1, 0.15) is 0 Å². The average Bonchev–Trinajstić information content (AvgIpc) is 2.33. The van der Waals surface area contributed by atoms with E-state index in [0.717, 1.165) is 19.6 Å². The van der Waals surface area contributed by atoms with Crippen molar-refractivity contribution >= 4 is 21.6 Å². The minimum Gasteiger partial charge on any atom is -0.366 e. The predicted molar refractivity (Wildman–Crippen MR) is 81.2 cm³/mol. The summed E-state index contributed by atoms with van der Waals surface area (Å²) >= 11 is 3.56. The van der Waals surface area contributed by atoms with Crippen LogP contribution in [0, 0.1) is 6.92 Å².